The summed E-state index contributed by atoms with van der Waals surface area (Å²) in [7, 11) is 0. The maximum absolute atomic E-state index is 12.7. The topological polar surface area (TPSA) is 112 Å². The number of hydrogen-bond acceptors (Lipinski definition) is 6. The Morgan fingerprint density at radius 1 is 1.10 bits per heavy atom. The molecule has 4 rings (SSSR count). The van der Waals surface area contributed by atoms with Crippen LogP contribution in [0, 0.1) is 6.92 Å². The average Bonchev–Trinajstić information content (AvgIpc) is 3.26. The number of anilines is 1. The van der Waals surface area contributed by atoms with Crippen LogP contribution < -0.4 is 11.1 Å². The van der Waals surface area contributed by atoms with E-state index in [1.165, 1.54) is 6.33 Å². The molecule has 8 heteroatoms. The van der Waals surface area contributed by atoms with Crippen LogP contribution in [0.1, 0.15) is 21.6 Å². The lowest BCUT2D eigenvalue weighted by Crippen LogP contribution is -2.23. The number of rotatable bonds is 5. The van der Waals surface area contributed by atoms with Crippen molar-refractivity contribution < 1.29 is 4.79 Å². The number of nitrogens with two attached hydrogens (primary N) is 1. The number of nitrogens with zero attached hydrogens (tertiary/aromatic N) is 5. The van der Waals surface area contributed by atoms with Crippen LogP contribution in [0.4, 0.5) is 5.95 Å². The predicted octanol–water partition coefficient (Wildman–Crippen LogP) is 2.54. The molecule has 2 aromatic carbocycles. The molecule has 0 radical (unpaired) electrons. The van der Waals surface area contributed by atoms with E-state index in [4.69, 9.17) is 5.73 Å². The van der Waals surface area contributed by atoms with Crippen molar-refractivity contribution in [2.24, 2.45) is 0 Å². The summed E-state index contributed by atoms with van der Waals surface area (Å²) in [6.07, 6.45) is 3.10. The fraction of sp³-hybridized carbons (Fsp3) is 0.0952. The molecule has 2 heterocycles. The van der Waals surface area contributed by atoms with Crippen molar-refractivity contribution >= 4 is 11.9 Å². The summed E-state index contributed by atoms with van der Waals surface area (Å²) in [5.74, 6) is 0.0265. The monoisotopic (exact) mass is 385 g/mol. The molecule has 0 saturated heterocycles. The fourth-order valence-electron chi connectivity index (χ4n) is 3.05. The molecule has 8 nitrogen and oxygen atoms in total. The quantitative estimate of drug-likeness (QED) is 0.546. The molecule has 0 saturated carbocycles. The molecule has 3 N–H and O–H groups in total. The highest BCUT2D eigenvalue weighted by Gasteiger charge is 2.11. The second-order valence-electron chi connectivity index (χ2n) is 6.49. The molecule has 0 bridgehead atoms. The van der Waals surface area contributed by atoms with Gasteiger partial charge in [0.05, 0.1) is 11.4 Å². The van der Waals surface area contributed by atoms with Crippen LogP contribution in [0.15, 0.2) is 67.3 Å². The number of amides is 1. The van der Waals surface area contributed by atoms with Crippen molar-refractivity contribution in [2.45, 2.75) is 13.5 Å². The minimum atomic E-state index is -0.181. The van der Waals surface area contributed by atoms with E-state index in [0.29, 0.717) is 17.8 Å². The van der Waals surface area contributed by atoms with Crippen molar-refractivity contribution in [3.8, 4) is 16.9 Å². The van der Waals surface area contributed by atoms with Gasteiger partial charge in [-0.1, -0.05) is 30.3 Å². The van der Waals surface area contributed by atoms with E-state index in [-0.39, 0.29) is 11.9 Å². The third-order valence-electron chi connectivity index (χ3n) is 4.39. The molecule has 144 valence electrons. The zero-order chi connectivity index (χ0) is 20.2. The van der Waals surface area contributed by atoms with Crippen LogP contribution in [-0.2, 0) is 6.54 Å². The summed E-state index contributed by atoms with van der Waals surface area (Å²) >= 11 is 0. The third kappa shape index (κ3) is 4.11. The van der Waals surface area contributed by atoms with Crippen molar-refractivity contribution in [3.05, 3.63) is 84.1 Å². The molecule has 0 aliphatic rings. The minimum Gasteiger partial charge on any atom is -0.368 e. The van der Waals surface area contributed by atoms with Crippen molar-refractivity contribution in [1.82, 2.24) is 30.0 Å². The molecular weight excluding hydrogens is 366 g/mol. The van der Waals surface area contributed by atoms with Gasteiger partial charge in [-0.3, -0.25) is 4.79 Å². The number of nitrogens with one attached hydrogen (secondary N) is 1. The maximum atomic E-state index is 12.7. The zero-order valence-electron chi connectivity index (χ0n) is 15.8. The Labute approximate surface area is 167 Å². The number of para-hydroxylation sites is 1. The van der Waals surface area contributed by atoms with Crippen LogP contribution in [0.5, 0.6) is 0 Å². The molecule has 29 heavy (non-hydrogen) atoms. The summed E-state index contributed by atoms with van der Waals surface area (Å²) in [4.78, 5) is 25.1. The number of aryl methyl sites for hydroxylation is 1. The van der Waals surface area contributed by atoms with Crippen LogP contribution in [0.25, 0.3) is 16.9 Å². The van der Waals surface area contributed by atoms with Crippen LogP contribution >= 0.6 is 0 Å². The molecular formula is C21H19N7O. The number of hydrogen-bond donors (Lipinski definition) is 2. The lowest BCUT2D eigenvalue weighted by Gasteiger charge is -2.11. The number of nitrogen functional groups attached to an aromatic ring is 1. The molecule has 4 aromatic rings. The van der Waals surface area contributed by atoms with Gasteiger partial charge in [-0.2, -0.15) is 5.10 Å². The van der Waals surface area contributed by atoms with Crippen molar-refractivity contribution in [2.75, 3.05) is 5.73 Å². The molecule has 2 aromatic heterocycles. The number of aromatic nitrogens is 5. The van der Waals surface area contributed by atoms with Crippen molar-refractivity contribution in [3.63, 3.8) is 0 Å². The summed E-state index contributed by atoms with van der Waals surface area (Å²) in [6.45, 7) is 2.21. The van der Waals surface area contributed by atoms with Gasteiger partial charge in [0.1, 0.15) is 12.7 Å². The fourth-order valence-corrected chi connectivity index (χ4v) is 3.05. The summed E-state index contributed by atoms with van der Waals surface area (Å²) in [6, 6.07) is 16.8. The molecule has 0 aliphatic carbocycles. The molecule has 0 aliphatic heterocycles. The van der Waals surface area contributed by atoms with Crippen LogP contribution in [-0.4, -0.2) is 30.6 Å². The Hall–Kier alpha value is -4.07. The molecule has 0 unspecified atom stereocenters. The van der Waals surface area contributed by atoms with Gasteiger partial charge in [0, 0.05) is 23.4 Å². The van der Waals surface area contributed by atoms with Crippen molar-refractivity contribution in [1.29, 1.82) is 0 Å². The van der Waals surface area contributed by atoms with E-state index < -0.39 is 0 Å². The Bertz CT molecular complexity index is 1140. The standard InChI is InChI=1S/C21H19N7O/c1-14-9-18(27-21(22)26-14)15-6-4-7-16(10-15)20(29)24-11-17-5-2-3-8-19(17)28-13-23-12-25-28/h2-10,12-13H,11H2,1H3,(H,24,29)(H2,22,26,27). The van der Waals surface area contributed by atoms with Gasteiger partial charge in [-0.25, -0.2) is 19.6 Å². The van der Waals surface area contributed by atoms with Gasteiger partial charge in [-0.05, 0) is 36.8 Å². The predicted molar refractivity (Wildman–Crippen MR) is 109 cm³/mol. The number of carbonyl (C=O) groups is 1. The maximum Gasteiger partial charge on any atom is 0.251 e. The highest BCUT2D eigenvalue weighted by Crippen LogP contribution is 2.20. The lowest BCUT2D eigenvalue weighted by molar-refractivity contribution is 0.0951. The number of benzene rings is 2. The first kappa shape index (κ1) is 18.3. The van der Waals surface area contributed by atoms with Gasteiger partial charge < -0.3 is 11.1 Å². The SMILES string of the molecule is Cc1cc(-c2cccc(C(=O)NCc3ccccc3-n3cncn3)c2)nc(N)n1. The Balaban J connectivity index is 1.53. The van der Waals surface area contributed by atoms with E-state index >= 15 is 0 Å². The highest BCUT2D eigenvalue weighted by molar-refractivity contribution is 5.95. The normalized spacial score (nSPS) is 10.7. The smallest absolute Gasteiger partial charge is 0.251 e. The van der Waals surface area contributed by atoms with Gasteiger partial charge >= 0.3 is 0 Å². The first-order valence-electron chi connectivity index (χ1n) is 9.03. The average molecular weight is 385 g/mol. The molecule has 0 fully saturated rings. The van der Waals surface area contributed by atoms with Gasteiger partial charge in [0.25, 0.3) is 5.91 Å². The zero-order valence-corrected chi connectivity index (χ0v) is 15.8. The Morgan fingerprint density at radius 3 is 2.76 bits per heavy atom. The Kier molecular flexibility index (Phi) is 4.98. The van der Waals surface area contributed by atoms with E-state index in [1.54, 1.807) is 23.1 Å². The first-order chi connectivity index (χ1) is 14.1. The summed E-state index contributed by atoms with van der Waals surface area (Å²) < 4.78 is 1.67. The first-order valence-corrected chi connectivity index (χ1v) is 9.03. The van der Waals surface area contributed by atoms with Gasteiger partial charge in [0.2, 0.25) is 5.95 Å². The van der Waals surface area contributed by atoms with Gasteiger partial charge in [0.15, 0.2) is 0 Å². The van der Waals surface area contributed by atoms with E-state index in [9.17, 15) is 4.79 Å². The Morgan fingerprint density at radius 2 is 1.97 bits per heavy atom. The minimum absolute atomic E-state index is 0.181. The van der Waals surface area contributed by atoms with E-state index in [0.717, 1.165) is 22.5 Å². The number of carbonyl (C=O) groups excluding carboxylic acids is 1. The molecule has 0 atom stereocenters. The second-order valence-corrected chi connectivity index (χ2v) is 6.49. The lowest BCUT2D eigenvalue weighted by atomic mass is 10.1. The van der Waals surface area contributed by atoms with Crippen LogP contribution in [0.3, 0.4) is 0 Å². The molecule has 1 amide bonds. The van der Waals surface area contributed by atoms with Gasteiger partial charge in [-0.15, -0.1) is 0 Å². The molecule has 0 spiro atoms. The summed E-state index contributed by atoms with van der Waals surface area (Å²) in [5, 5.41) is 7.12. The van der Waals surface area contributed by atoms with E-state index in [1.807, 2.05) is 49.4 Å². The highest BCUT2D eigenvalue weighted by atomic mass is 16.1. The summed E-state index contributed by atoms with van der Waals surface area (Å²) in [5.41, 5.74) is 10.3. The third-order valence-corrected chi connectivity index (χ3v) is 4.39. The van der Waals surface area contributed by atoms with E-state index in [2.05, 4.69) is 25.4 Å². The second kappa shape index (κ2) is 7.89. The largest absolute Gasteiger partial charge is 0.368 e. The van der Waals surface area contributed by atoms with Crippen LogP contribution in [0.2, 0.25) is 0 Å².